The lowest BCUT2D eigenvalue weighted by atomic mass is 9.98. The van der Waals surface area contributed by atoms with Crippen LogP contribution in [0.25, 0.3) is 0 Å². The normalized spacial score (nSPS) is 18.1. The number of aliphatic carboxylic acids is 1. The van der Waals surface area contributed by atoms with Crippen molar-refractivity contribution in [3.8, 4) is 0 Å². The van der Waals surface area contributed by atoms with Crippen LogP contribution in [0.5, 0.6) is 0 Å². The van der Waals surface area contributed by atoms with Crippen molar-refractivity contribution in [2.75, 3.05) is 13.2 Å². The summed E-state index contributed by atoms with van der Waals surface area (Å²) in [6.07, 6.45) is 50.0. The smallest absolute Gasteiger partial charge is 0.335 e. The lowest BCUT2D eigenvalue weighted by Gasteiger charge is -2.40. The van der Waals surface area contributed by atoms with E-state index in [2.05, 4.69) is 45.1 Å². The van der Waals surface area contributed by atoms with Crippen molar-refractivity contribution in [3.63, 3.8) is 0 Å². The maximum Gasteiger partial charge on any atom is 0.335 e. The Labute approximate surface area is 470 Å². The molecule has 0 radical (unpaired) electrons. The van der Waals surface area contributed by atoms with Gasteiger partial charge in [-0.1, -0.05) is 251 Å². The minimum absolute atomic E-state index is 0.0659. The third-order valence-electron chi connectivity index (χ3n) is 15.0. The number of hydrogen-bond acceptors (Lipinski definition) is 11. The highest BCUT2D eigenvalue weighted by Crippen LogP contribution is 2.27. The van der Waals surface area contributed by atoms with Gasteiger partial charge in [-0.05, 0) is 70.6 Å². The molecule has 12 heteroatoms. The van der Waals surface area contributed by atoms with Crippen LogP contribution in [0.15, 0.2) is 24.3 Å². The fourth-order valence-electron chi connectivity index (χ4n) is 10.0. The molecule has 0 spiro atoms. The average molecular weight is 1090 g/mol. The summed E-state index contributed by atoms with van der Waals surface area (Å²) in [5.74, 6) is -3.10. The van der Waals surface area contributed by atoms with Gasteiger partial charge in [-0.15, -0.1) is 0 Å². The van der Waals surface area contributed by atoms with Gasteiger partial charge in [-0.3, -0.25) is 14.4 Å². The third kappa shape index (κ3) is 43.7. The predicted octanol–water partition coefficient (Wildman–Crippen LogP) is 17.0. The van der Waals surface area contributed by atoms with Crippen LogP contribution in [0.1, 0.15) is 316 Å². The van der Waals surface area contributed by atoms with Crippen LogP contribution in [0.3, 0.4) is 0 Å². The number of carboxylic acids is 1. The molecule has 6 atom stereocenters. The molecular weight excluding hydrogens is 973 g/mol. The fraction of sp³-hybridized carbons (Fsp3) is 0.877. The van der Waals surface area contributed by atoms with Crippen molar-refractivity contribution >= 4 is 23.9 Å². The predicted molar refractivity (Wildman–Crippen MR) is 313 cm³/mol. The zero-order chi connectivity index (χ0) is 56.1. The van der Waals surface area contributed by atoms with Crippen LogP contribution in [0.2, 0.25) is 0 Å². The summed E-state index contributed by atoms with van der Waals surface area (Å²) in [6.45, 7) is 6.02. The molecule has 0 aliphatic carbocycles. The molecule has 0 amide bonds. The van der Waals surface area contributed by atoms with E-state index in [0.717, 1.165) is 83.5 Å². The molecule has 1 aliphatic rings. The van der Waals surface area contributed by atoms with Crippen molar-refractivity contribution < 1.29 is 58.2 Å². The Balaban J connectivity index is 2.64. The van der Waals surface area contributed by atoms with Gasteiger partial charge in [-0.25, -0.2) is 4.79 Å². The number of allylic oxidation sites excluding steroid dienone is 4. The molecule has 1 aliphatic heterocycles. The monoisotopic (exact) mass is 1090 g/mol. The SMILES string of the molecule is CCCCCCCC/C=C\CCCCCCCCCCCC(=O)OCC(COC1OC(C(=O)O)C(O)C(O)C1OC(=O)CCCCCCCCCCCCCCC)OC(=O)CCCCCCC/C=C\CCCCCCCC. The van der Waals surface area contributed by atoms with Gasteiger partial charge >= 0.3 is 23.9 Å². The summed E-state index contributed by atoms with van der Waals surface area (Å²) in [5, 5.41) is 31.5. The van der Waals surface area contributed by atoms with E-state index in [1.165, 1.54) is 173 Å². The number of aliphatic hydroxyl groups excluding tert-OH is 2. The zero-order valence-electron chi connectivity index (χ0n) is 49.7. The molecule has 0 aromatic carbocycles. The Morgan fingerprint density at radius 1 is 0.416 bits per heavy atom. The Kier molecular flexibility index (Phi) is 50.5. The van der Waals surface area contributed by atoms with E-state index < -0.39 is 67.3 Å². The maximum atomic E-state index is 13.2. The molecule has 1 fully saturated rings. The Bertz CT molecular complexity index is 1430. The second-order valence-corrected chi connectivity index (χ2v) is 22.4. The first-order valence-electron chi connectivity index (χ1n) is 32.3. The molecule has 0 bridgehead atoms. The number of unbranched alkanes of at least 4 members (excludes halogenated alkanes) is 38. The fourth-order valence-corrected chi connectivity index (χ4v) is 10.0. The molecule has 450 valence electrons. The average Bonchev–Trinajstić information content (AvgIpc) is 3.42. The standard InChI is InChI=1S/C65H118O12/c1-4-7-10-13-16-19-22-25-27-28-29-30-32-34-36-39-42-45-48-51-57(66)73-54-56(75-58(67)52-49-46-43-40-38-35-31-26-23-20-17-14-11-8-5-2)55-74-65-63(61(70)60(69)62(77-65)64(71)72)76-59(68)53-50-47-44-41-37-33-24-21-18-15-12-9-6-3/h25-27,31,56,60-63,65,69-70H,4-24,28-30,32-55H2,1-3H3,(H,71,72)/b27-25-,31-26-. The lowest BCUT2D eigenvalue weighted by Crippen LogP contribution is -2.61. The number of hydrogen-bond donors (Lipinski definition) is 3. The van der Waals surface area contributed by atoms with Crippen LogP contribution < -0.4 is 0 Å². The van der Waals surface area contributed by atoms with Gasteiger partial charge in [0.1, 0.15) is 18.8 Å². The van der Waals surface area contributed by atoms with E-state index in [1.807, 2.05) is 0 Å². The topological polar surface area (TPSA) is 175 Å². The summed E-state index contributed by atoms with van der Waals surface area (Å²) < 4.78 is 28.5. The molecule has 0 saturated carbocycles. The summed E-state index contributed by atoms with van der Waals surface area (Å²) in [7, 11) is 0. The largest absolute Gasteiger partial charge is 0.479 e. The van der Waals surface area contributed by atoms with Crippen molar-refractivity contribution in [2.45, 2.75) is 353 Å². The van der Waals surface area contributed by atoms with Gasteiger partial charge in [-0.2, -0.15) is 0 Å². The summed E-state index contributed by atoms with van der Waals surface area (Å²) in [5.41, 5.74) is 0. The maximum absolute atomic E-state index is 13.2. The van der Waals surface area contributed by atoms with Gasteiger partial charge in [0.05, 0.1) is 6.61 Å². The van der Waals surface area contributed by atoms with Crippen molar-refractivity contribution in [2.24, 2.45) is 0 Å². The first-order valence-corrected chi connectivity index (χ1v) is 32.3. The first-order chi connectivity index (χ1) is 37.6. The Morgan fingerprint density at radius 3 is 1.10 bits per heavy atom. The van der Waals surface area contributed by atoms with Gasteiger partial charge in [0, 0.05) is 19.3 Å². The molecule has 1 saturated heterocycles. The van der Waals surface area contributed by atoms with Crippen LogP contribution >= 0.6 is 0 Å². The summed E-state index contributed by atoms with van der Waals surface area (Å²) >= 11 is 0. The Morgan fingerprint density at radius 2 is 0.740 bits per heavy atom. The van der Waals surface area contributed by atoms with E-state index >= 15 is 0 Å². The van der Waals surface area contributed by atoms with E-state index in [-0.39, 0.29) is 25.9 Å². The summed E-state index contributed by atoms with van der Waals surface area (Å²) in [4.78, 5) is 51.2. The molecule has 1 heterocycles. The van der Waals surface area contributed by atoms with Gasteiger partial charge in [0.15, 0.2) is 24.6 Å². The van der Waals surface area contributed by atoms with Crippen molar-refractivity contribution in [3.05, 3.63) is 24.3 Å². The lowest BCUT2D eigenvalue weighted by molar-refractivity contribution is -0.301. The van der Waals surface area contributed by atoms with Gasteiger partial charge in [0.2, 0.25) is 0 Å². The molecule has 1 rings (SSSR count). The molecule has 12 nitrogen and oxygen atoms in total. The third-order valence-corrected chi connectivity index (χ3v) is 15.0. The zero-order valence-corrected chi connectivity index (χ0v) is 49.7. The number of ether oxygens (including phenoxy) is 5. The Hall–Kier alpha value is -2.80. The number of carboxylic acid groups (broad SMARTS) is 1. The van der Waals surface area contributed by atoms with Crippen LogP contribution in [0, 0.1) is 0 Å². The highest BCUT2D eigenvalue weighted by Gasteiger charge is 2.50. The molecule has 77 heavy (non-hydrogen) atoms. The molecule has 3 N–H and O–H groups in total. The van der Waals surface area contributed by atoms with E-state index in [4.69, 9.17) is 23.7 Å². The van der Waals surface area contributed by atoms with Crippen LogP contribution in [-0.2, 0) is 42.9 Å². The minimum Gasteiger partial charge on any atom is -0.479 e. The highest BCUT2D eigenvalue weighted by molar-refractivity contribution is 5.74. The number of esters is 3. The van der Waals surface area contributed by atoms with E-state index in [0.29, 0.717) is 19.3 Å². The molecule has 6 unspecified atom stereocenters. The van der Waals surface area contributed by atoms with Crippen LogP contribution in [-0.4, -0.2) is 89.2 Å². The number of carbonyl (C=O) groups is 4. The molecule has 0 aromatic rings. The molecular formula is C65H118O12. The van der Waals surface area contributed by atoms with Crippen molar-refractivity contribution in [1.82, 2.24) is 0 Å². The van der Waals surface area contributed by atoms with Gasteiger partial charge < -0.3 is 39.0 Å². The first kappa shape index (κ1) is 72.2. The second-order valence-electron chi connectivity index (χ2n) is 22.4. The van der Waals surface area contributed by atoms with E-state index in [9.17, 15) is 34.5 Å². The number of carbonyl (C=O) groups excluding carboxylic acids is 3. The number of aliphatic hydroxyl groups is 2. The van der Waals surface area contributed by atoms with Gasteiger partial charge in [0.25, 0.3) is 0 Å². The summed E-state index contributed by atoms with van der Waals surface area (Å²) in [6, 6.07) is 0. The molecule has 0 aromatic heterocycles. The van der Waals surface area contributed by atoms with Crippen molar-refractivity contribution in [1.29, 1.82) is 0 Å². The quantitative estimate of drug-likeness (QED) is 0.0228. The minimum atomic E-state index is -1.90. The van der Waals surface area contributed by atoms with Crippen LogP contribution in [0.4, 0.5) is 0 Å². The highest BCUT2D eigenvalue weighted by atomic mass is 16.7. The van der Waals surface area contributed by atoms with E-state index in [1.54, 1.807) is 0 Å². The second kappa shape index (κ2) is 53.8. The number of rotatable bonds is 56.